The third kappa shape index (κ3) is 3.74. The van der Waals surface area contributed by atoms with E-state index >= 15 is 0 Å². The molecule has 1 amide bonds. The van der Waals surface area contributed by atoms with Gasteiger partial charge in [-0.15, -0.1) is 11.3 Å². The van der Waals surface area contributed by atoms with Crippen molar-refractivity contribution in [3.63, 3.8) is 0 Å². The van der Waals surface area contributed by atoms with E-state index in [1.807, 2.05) is 0 Å². The van der Waals surface area contributed by atoms with Crippen LogP contribution < -0.4 is 5.32 Å². The molecule has 3 heterocycles. The second-order valence-electron chi connectivity index (χ2n) is 7.25. The van der Waals surface area contributed by atoms with Crippen LogP contribution in [0.15, 0.2) is 5.38 Å². The van der Waals surface area contributed by atoms with E-state index in [0.717, 1.165) is 10.7 Å². The minimum atomic E-state index is -3.30. The number of hydrogen-bond acceptors (Lipinski definition) is 6. The molecule has 7 nitrogen and oxygen atoms in total. The zero-order valence-corrected chi connectivity index (χ0v) is 16.5. The van der Waals surface area contributed by atoms with Crippen molar-refractivity contribution in [3.05, 3.63) is 16.1 Å². The van der Waals surface area contributed by atoms with Gasteiger partial charge >= 0.3 is 0 Å². The smallest absolute Gasteiger partial charge is 0.230 e. The SMILES string of the molecule is CC(C)c1csc(CCNC(=O)[C@]23COC[C@H]2CN(S(C)(=O)=O)C3)n1. The largest absolute Gasteiger partial charge is 0.380 e. The van der Waals surface area contributed by atoms with Gasteiger partial charge in [-0.05, 0) is 5.92 Å². The Kier molecular flexibility index (Phi) is 5.21. The Hall–Kier alpha value is -1.03. The van der Waals surface area contributed by atoms with Gasteiger partial charge in [0.05, 0.1) is 35.6 Å². The molecule has 0 bridgehead atoms. The second-order valence-corrected chi connectivity index (χ2v) is 10.2. The summed E-state index contributed by atoms with van der Waals surface area (Å²) >= 11 is 1.61. The maximum absolute atomic E-state index is 12.8. The van der Waals surface area contributed by atoms with E-state index in [1.165, 1.54) is 10.6 Å². The number of sulfonamides is 1. The Morgan fingerprint density at radius 3 is 2.96 bits per heavy atom. The topological polar surface area (TPSA) is 88.6 Å². The lowest BCUT2D eigenvalue weighted by Gasteiger charge is -2.25. The molecule has 0 saturated carbocycles. The second kappa shape index (κ2) is 6.94. The fraction of sp³-hybridized carbons (Fsp3) is 0.750. The zero-order valence-electron chi connectivity index (χ0n) is 14.8. The van der Waals surface area contributed by atoms with Gasteiger partial charge in [-0.1, -0.05) is 13.8 Å². The summed E-state index contributed by atoms with van der Waals surface area (Å²) in [6.07, 6.45) is 1.87. The number of carbonyl (C=O) groups is 1. The number of amides is 1. The minimum absolute atomic E-state index is 0.0744. The highest BCUT2D eigenvalue weighted by atomic mass is 32.2. The average Bonchev–Trinajstić information content (AvgIpc) is 3.19. The van der Waals surface area contributed by atoms with Crippen LogP contribution in [0.2, 0.25) is 0 Å². The lowest BCUT2D eigenvalue weighted by molar-refractivity contribution is -0.131. The normalized spacial score (nSPS) is 27.0. The van der Waals surface area contributed by atoms with E-state index in [1.54, 1.807) is 11.3 Å². The van der Waals surface area contributed by atoms with Gasteiger partial charge in [0.15, 0.2) is 0 Å². The summed E-state index contributed by atoms with van der Waals surface area (Å²) in [5.41, 5.74) is 0.323. The lowest BCUT2D eigenvalue weighted by atomic mass is 9.80. The highest BCUT2D eigenvalue weighted by Crippen LogP contribution is 2.42. The maximum atomic E-state index is 12.8. The molecule has 0 radical (unpaired) electrons. The monoisotopic (exact) mass is 387 g/mol. The molecule has 1 aromatic rings. The van der Waals surface area contributed by atoms with Crippen LogP contribution in [-0.2, 0) is 26.0 Å². The fourth-order valence-electron chi connectivity index (χ4n) is 3.43. The molecule has 9 heteroatoms. The fourth-order valence-corrected chi connectivity index (χ4v) is 5.30. The predicted molar refractivity (Wildman–Crippen MR) is 96.1 cm³/mol. The maximum Gasteiger partial charge on any atom is 0.230 e. The number of fused-ring (bicyclic) bond motifs is 1. The molecular weight excluding hydrogens is 362 g/mol. The Balaban J connectivity index is 1.60. The summed E-state index contributed by atoms with van der Waals surface area (Å²) < 4.78 is 30.6. The molecule has 0 unspecified atom stereocenters. The molecule has 140 valence electrons. The van der Waals surface area contributed by atoms with Gasteiger partial charge in [0.2, 0.25) is 15.9 Å². The molecule has 2 aliphatic heterocycles. The van der Waals surface area contributed by atoms with E-state index in [0.29, 0.717) is 32.0 Å². The molecule has 1 N–H and O–H groups in total. The number of ether oxygens (including phenoxy) is 1. The molecule has 0 spiro atoms. The molecule has 2 atom stereocenters. The molecule has 0 aliphatic carbocycles. The molecule has 0 aromatic carbocycles. The van der Waals surface area contributed by atoms with Gasteiger partial charge in [0.25, 0.3) is 0 Å². The third-order valence-electron chi connectivity index (χ3n) is 5.05. The van der Waals surface area contributed by atoms with Crippen LogP contribution in [0, 0.1) is 11.3 Å². The van der Waals surface area contributed by atoms with Crippen LogP contribution in [0.4, 0.5) is 0 Å². The number of nitrogens with one attached hydrogen (secondary N) is 1. The van der Waals surface area contributed by atoms with Crippen molar-refractivity contribution < 1.29 is 17.9 Å². The van der Waals surface area contributed by atoms with Gasteiger partial charge < -0.3 is 10.1 Å². The standard InChI is InChI=1S/C16H25N3O4S2/c1-11(2)13-8-24-14(18-13)4-5-17-15(20)16-9-19(25(3,21)22)6-12(16)7-23-10-16/h8,11-12H,4-7,9-10H2,1-3H3,(H,17,20)/t12-,16-/m1/s1. The van der Waals surface area contributed by atoms with Crippen molar-refractivity contribution in [2.24, 2.45) is 11.3 Å². The summed E-state index contributed by atoms with van der Waals surface area (Å²) in [6.45, 7) is 5.99. The van der Waals surface area contributed by atoms with Crippen molar-refractivity contribution >= 4 is 27.3 Å². The number of thiazole rings is 1. The molecule has 25 heavy (non-hydrogen) atoms. The number of aromatic nitrogens is 1. The first kappa shape index (κ1) is 18.8. The molecule has 2 saturated heterocycles. The van der Waals surface area contributed by atoms with Crippen LogP contribution in [0.1, 0.15) is 30.5 Å². The van der Waals surface area contributed by atoms with Gasteiger partial charge in [-0.3, -0.25) is 4.79 Å². The van der Waals surface area contributed by atoms with Gasteiger partial charge in [-0.25, -0.2) is 17.7 Å². The van der Waals surface area contributed by atoms with Crippen LogP contribution in [0.5, 0.6) is 0 Å². The first-order valence-electron chi connectivity index (χ1n) is 8.48. The average molecular weight is 388 g/mol. The van der Waals surface area contributed by atoms with E-state index in [-0.39, 0.29) is 25.0 Å². The van der Waals surface area contributed by atoms with Crippen LogP contribution in [-0.4, -0.2) is 62.7 Å². The zero-order chi connectivity index (χ0) is 18.2. The van der Waals surface area contributed by atoms with Crippen molar-refractivity contribution in [1.82, 2.24) is 14.6 Å². The number of rotatable bonds is 6. The van der Waals surface area contributed by atoms with Crippen molar-refractivity contribution in [2.45, 2.75) is 26.2 Å². The summed E-state index contributed by atoms with van der Waals surface area (Å²) in [7, 11) is -3.30. The van der Waals surface area contributed by atoms with E-state index in [2.05, 4.69) is 29.5 Å². The molecule has 2 fully saturated rings. The Labute approximate surface area is 152 Å². The molecule has 1 aromatic heterocycles. The quantitative estimate of drug-likeness (QED) is 0.781. The summed E-state index contributed by atoms with van der Waals surface area (Å²) in [4.78, 5) is 17.4. The number of nitrogens with zero attached hydrogens (tertiary/aromatic N) is 2. The van der Waals surface area contributed by atoms with E-state index < -0.39 is 15.4 Å². The highest BCUT2D eigenvalue weighted by Gasteiger charge is 2.57. The summed E-state index contributed by atoms with van der Waals surface area (Å²) in [6, 6.07) is 0. The van der Waals surface area contributed by atoms with E-state index in [9.17, 15) is 13.2 Å². The summed E-state index contributed by atoms with van der Waals surface area (Å²) in [5, 5.41) is 6.03. The van der Waals surface area contributed by atoms with Crippen LogP contribution in [0.25, 0.3) is 0 Å². The van der Waals surface area contributed by atoms with Crippen LogP contribution >= 0.6 is 11.3 Å². The highest BCUT2D eigenvalue weighted by molar-refractivity contribution is 7.88. The van der Waals surface area contributed by atoms with Crippen molar-refractivity contribution in [2.75, 3.05) is 39.1 Å². The first-order chi connectivity index (χ1) is 11.7. The molecular formula is C16H25N3O4S2. The summed E-state index contributed by atoms with van der Waals surface area (Å²) in [5.74, 6) is 0.215. The number of hydrogen-bond donors (Lipinski definition) is 1. The number of carbonyl (C=O) groups excluding carboxylic acids is 1. The van der Waals surface area contributed by atoms with Crippen molar-refractivity contribution in [1.29, 1.82) is 0 Å². The predicted octanol–water partition coefficient (Wildman–Crippen LogP) is 0.833. The van der Waals surface area contributed by atoms with E-state index in [4.69, 9.17) is 4.74 Å². The van der Waals surface area contributed by atoms with Crippen molar-refractivity contribution in [3.8, 4) is 0 Å². The van der Waals surface area contributed by atoms with Gasteiger partial charge in [0.1, 0.15) is 0 Å². The lowest BCUT2D eigenvalue weighted by Crippen LogP contribution is -2.47. The molecule has 2 aliphatic rings. The van der Waals surface area contributed by atoms with Gasteiger partial charge in [-0.2, -0.15) is 0 Å². The Morgan fingerprint density at radius 2 is 2.32 bits per heavy atom. The Bertz CT molecular complexity index is 746. The minimum Gasteiger partial charge on any atom is -0.380 e. The Morgan fingerprint density at radius 1 is 1.56 bits per heavy atom. The van der Waals surface area contributed by atoms with Gasteiger partial charge in [0, 0.05) is 37.4 Å². The molecule has 3 rings (SSSR count). The first-order valence-corrected chi connectivity index (χ1v) is 11.2. The van der Waals surface area contributed by atoms with Crippen LogP contribution in [0.3, 0.4) is 0 Å². The third-order valence-corrected chi connectivity index (χ3v) is 7.19.